The van der Waals surface area contributed by atoms with E-state index in [1.807, 2.05) is 0 Å². The molecule has 0 saturated carbocycles. The van der Waals surface area contributed by atoms with Crippen LogP contribution in [0.1, 0.15) is 52.1 Å². The van der Waals surface area contributed by atoms with Gasteiger partial charge in [0.05, 0.1) is 12.1 Å². The van der Waals surface area contributed by atoms with Crippen LogP contribution in [0.4, 0.5) is 5.13 Å². The van der Waals surface area contributed by atoms with E-state index in [0.29, 0.717) is 18.4 Å². The summed E-state index contributed by atoms with van der Waals surface area (Å²) in [7, 11) is 0. The van der Waals surface area contributed by atoms with E-state index >= 15 is 0 Å². The summed E-state index contributed by atoms with van der Waals surface area (Å²) in [4.78, 5) is 17.5. The van der Waals surface area contributed by atoms with Gasteiger partial charge in [-0.3, -0.25) is 4.79 Å². The summed E-state index contributed by atoms with van der Waals surface area (Å²) in [5, 5.41) is 11.9. The van der Waals surface area contributed by atoms with Crippen LogP contribution in [0.25, 0.3) is 0 Å². The lowest BCUT2D eigenvalue weighted by atomic mass is 10.1. The molecule has 0 aliphatic carbocycles. The highest BCUT2D eigenvalue weighted by Gasteiger charge is 2.14. The molecule has 0 atom stereocenters. The van der Waals surface area contributed by atoms with Crippen LogP contribution in [-0.2, 0) is 4.79 Å². The number of hydrogen-bond acceptors (Lipinski definition) is 4. The molecule has 1 rings (SSSR count). The molecule has 19 heavy (non-hydrogen) atoms. The summed E-state index contributed by atoms with van der Waals surface area (Å²) < 4.78 is 0. The number of anilines is 1. The van der Waals surface area contributed by atoms with Gasteiger partial charge in [-0.05, 0) is 18.3 Å². The Morgan fingerprint density at radius 2 is 2.05 bits per heavy atom. The molecule has 0 unspecified atom stereocenters. The molecule has 0 amide bonds. The van der Waals surface area contributed by atoms with E-state index in [1.165, 1.54) is 0 Å². The first kappa shape index (κ1) is 16.0. The minimum atomic E-state index is -0.754. The van der Waals surface area contributed by atoms with Crippen molar-refractivity contribution in [2.75, 3.05) is 18.0 Å². The minimum Gasteiger partial charge on any atom is -0.481 e. The van der Waals surface area contributed by atoms with Crippen molar-refractivity contribution in [2.24, 2.45) is 5.92 Å². The van der Waals surface area contributed by atoms with Gasteiger partial charge in [-0.2, -0.15) is 0 Å². The first-order chi connectivity index (χ1) is 8.90. The van der Waals surface area contributed by atoms with E-state index in [4.69, 9.17) is 5.11 Å². The Labute approximate surface area is 119 Å². The van der Waals surface area contributed by atoms with Crippen molar-refractivity contribution in [1.29, 1.82) is 0 Å². The monoisotopic (exact) mass is 284 g/mol. The van der Waals surface area contributed by atoms with Crippen molar-refractivity contribution in [3.63, 3.8) is 0 Å². The number of carboxylic acid groups (broad SMARTS) is 1. The van der Waals surface area contributed by atoms with Crippen molar-refractivity contribution in [3.8, 4) is 0 Å². The third-order valence-corrected chi connectivity index (χ3v) is 3.86. The van der Waals surface area contributed by atoms with Gasteiger partial charge in [-0.1, -0.05) is 27.7 Å². The third kappa shape index (κ3) is 5.59. The Hall–Kier alpha value is -1.10. The maximum absolute atomic E-state index is 10.7. The zero-order valence-corrected chi connectivity index (χ0v) is 13.0. The molecule has 0 fully saturated rings. The zero-order chi connectivity index (χ0) is 14.4. The van der Waals surface area contributed by atoms with Gasteiger partial charge in [0.1, 0.15) is 0 Å². The van der Waals surface area contributed by atoms with E-state index in [0.717, 1.165) is 23.8 Å². The molecule has 0 spiro atoms. The molecule has 1 aromatic rings. The van der Waals surface area contributed by atoms with Crippen LogP contribution in [0.3, 0.4) is 0 Å². The number of nitrogens with zero attached hydrogens (tertiary/aromatic N) is 2. The molecule has 1 N–H and O–H groups in total. The Morgan fingerprint density at radius 3 is 2.53 bits per heavy atom. The van der Waals surface area contributed by atoms with Gasteiger partial charge in [0.15, 0.2) is 5.13 Å². The van der Waals surface area contributed by atoms with Crippen molar-refractivity contribution in [2.45, 2.75) is 46.5 Å². The number of rotatable bonds is 8. The van der Waals surface area contributed by atoms with Crippen molar-refractivity contribution < 1.29 is 9.90 Å². The lowest BCUT2D eigenvalue weighted by molar-refractivity contribution is -0.136. The lowest BCUT2D eigenvalue weighted by Crippen LogP contribution is -2.28. The number of aliphatic carboxylic acids is 1. The number of thiazole rings is 1. The number of carbonyl (C=O) groups is 1. The van der Waals surface area contributed by atoms with Crippen molar-refractivity contribution in [1.82, 2.24) is 4.98 Å². The first-order valence-corrected chi connectivity index (χ1v) is 7.70. The number of hydrogen-bond donors (Lipinski definition) is 1. The number of carboxylic acids is 1. The summed E-state index contributed by atoms with van der Waals surface area (Å²) in [5.74, 6) is 0.267. The molecule has 0 aliphatic heterocycles. The van der Waals surface area contributed by atoms with Gasteiger partial charge in [-0.15, -0.1) is 11.3 Å². The molecule has 0 bridgehead atoms. The Kier molecular flexibility index (Phi) is 6.28. The molecule has 0 aliphatic rings. The smallest absolute Gasteiger partial charge is 0.305 e. The molecule has 108 valence electrons. The Balaban J connectivity index is 2.72. The standard InChI is InChI=1S/C14H24N2O2S/c1-10(2)5-7-16(8-6-13(17)18)14-15-12(9-19-14)11(3)4/h9-11H,5-8H2,1-4H3,(H,17,18). The van der Waals surface area contributed by atoms with E-state index in [1.54, 1.807) is 11.3 Å². The largest absolute Gasteiger partial charge is 0.481 e. The molecule has 1 aromatic heterocycles. The van der Waals surface area contributed by atoms with Gasteiger partial charge in [-0.25, -0.2) is 4.98 Å². The van der Waals surface area contributed by atoms with E-state index < -0.39 is 5.97 Å². The lowest BCUT2D eigenvalue weighted by Gasteiger charge is -2.22. The zero-order valence-electron chi connectivity index (χ0n) is 12.2. The summed E-state index contributed by atoms with van der Waals surface area (Å²) in [5.41, 5.74) is 1.09. The second-order valence-corrected chi connectivity index (χ2v) is 6.36. The highest BCUT2D eigenvalue weighted by Crippen LogP contribution is 2.25. The van der Waals surface area contributed by atoms with Gasteiger partial charge >= 0.3 is 5.97 Å². The number of aromatic nitrogens is 1. The van der Waals surface area contributed by atoms with Crippen molar-refractivity contribution in [3.05, 3.63) is 11.1 Å². The minimum absolute atomic E-state index is 0.161. The quantitative estimate of drug-likeness (QED) is 0.792. The normalized spacial score (nSPS) is 11.3. The molecular weight excluding hydrogens is 260 g/mol. The average Bonchev–Trinajstić information content (AvgIpc) is 2.77. The van der Waals surface area contributed by atoms with Crippen LogP contribution in [0, 0.1) is 5.92 Å². The van der Waals surface area contributed by atoms with E-state index in [-0.39, 0.29) is 6.42 Å². The SMILES string of the molecule is CC(C)CCN(CCC(=O)O)c1nc(C(C)C)cs1. The fourth-order valence-electron chi connectivity index (χ4n) is 1.63. The highest BCUT2D eigenvalue weighted by molar-refractivity contribution is 7.13. The summed E-state index contributed by atoms with van der Waals surface area (Å²) in [6.07, 6.45) is 1.21. The average molecular weight is 284 g/mol. The van der Waals surface area contributed by atoms with Crippen LogP contribution >= 0.6 is 11.3 Å². The summed E-state index contributed by atoms with van der Waals surface area (Å²) >= 11 is 1.61. The topological polar surface area (TPSA) is 53.4 Å². The predicted octanol–water partition coefficient (Wildman–Crippen LogP) is 3.59. The first-order valence-electron chi connectivity index (χ1n) is 6.82. The molecule has 0 aromatic carbocycles. The van der Waals surface area contributed by atoms with E-state index in [2.05, 4.69) is 43.0 Å². The second-order valence-electron chi connectivity index (χ2n) is 5.52. The third-order valence-electron chi connectivity index (χ3n) is 2.94. The maximum Gasteiger partial charge on any atom is 0.305 e. The Morgan fingerprint density at radius 1 is 1.37 bits per heavy atom. The molecular formula is C14H24N2O2S. The van der Waals surface area contributed by atoms with Gasteiger partial charge < -0.3 is 10.0 Å². The summed E-state index contributed by atoms with van der Waals surface area (Å²) in [6, 6.07) is 0. The highest BCUT2D eigenvalue weighted by atomic mass is 32.1. The van der Waals surface area contributed by atoms with Crippen LogP contribution in [0.15, 0.2) is 5.38 Å². The van der Waals surface area contributed by atoms with Crippen LogP contribution in [0.5, 0.6) is 0 Å². The fraction of sp³-hybridized carbons (Fsp3) is 0.714. The predicted molar refractivity (Wildman–Crippen MR) is 80.1 cm³/mol. The fourth-order valence-corrected chi connectivity index (χ4v) is 2.68. The van der Waals surface area contributed by atoms with Gasteiger partial charge in [0.2, 0.25) is 0 Å². The van der Waals surface area contributed by atoms with Crippen LogP contribution < -0.4 is 4.90 Å². The van der Waals surface area contributed by atoms with Crippen LogP contribution in [-0.4, -0.2) is 29.1 Å². The van der Waals surface area contributed by atoms with Crippen molar-refractivity contribution >= 4 is 22.4 Å². The molecule has 5 heteroatoms. The summed E-state index contributed by atoms with van der Waals surface area (Å²) in [6.45, 7) is 10.00. The van der Waals surface area contributed by atoms with Crippen LogP contribution in [0.2, 0.25) is 0 Å². The second kappa shape index (κ2) is 7.48. The molecule has 0 radical (unpaired) electrons. The Bertz CT molecular complexity index is 402. The molecule has 4 nitrogen and oxygen atoms in total. The van der Waals surface area contributed by atoms with Gasteiger partial charge in [0, 0.05) is 18.5 Å². The van der Waals surface area contributed by atoms with E-state index in [9.17, 15) is 4.79 Å². The molecule has 0 saturated heterocycles. The maximum atomic E-state index is 10.7. The van der Waals surface area contributed by atoms with Gasteiger partial charge in [0.25, 0.3) is 0 Å². The molecule has 1 heterocycles.